The highest BCUT2D eigenvalue weighted by molar-refractivity contribution is 7.99. The van der Waals surface area contributed by atoms with Gasteiger partial charge in [-0.25, -0.2) is 9.97 Å². The zero-order valence-electron chi connectivity index (χ0n) is 16.2. The summed E-state index contributed by atoms with van der Waals surface area (Å²) >= 11 is 1.44. The summed E-state index contributed by atoms with van der Waals surface area (Å²) in [5.74, 6) is -0.347. The quantitative estimate of drug-likeness (QED) is 0.271. The number of nitro benzene ring substituents is 1. The van der Waals surface area contributed by atoms with E-state index in [-0.39, 0.29) is 11.6 Å². The Balaban J connectivity index is 1.50. The molecule has 0 unspecified atom stereocenters. The third-order valence-corrected chi connectivity index (χ3v) is 5.28. The Hall–Kier alpha value is -3.72. The number of amides is 1. The van der Waals surface area contributed by atoms with Crippen LogP contribution in [0.25, 0.3) is 10.9 Å². The first kappa shape index (κ1) is 19.6. The van der Waals surface area contributed by atoms with E-state index >= 15 is 0 Å². The Morgan fingerprint density at radius 1 is 1.07 bits per heavy atom. The van der Waals surface area contributed by atoms with Gasteiger partial charge >= 0.3 is 0 Å². The van der Waals surface area contributed by atoms with Crippen molar-refractivity contribution in [3.05, 3.63) is 81.8 Å². The molecule has 2 N–H and O–H groups in total. The molecule has 0 radical (unpaired) electrons. The number of fused-ring (bicyclic) bond motifs is 1. The van der Waals surface area contributed by atoms with Crippen LogP contribution in [0.1, 0.15) is 21.7 Å². The number of rotatable bonds is 5. The number of aromatic amines is 1. The molecule has 0 fully saturated rings. The van der Waals surface area contributed by atoms with Gasteiger partial charge in [-0.3, -0.25) is 14.9 Å². The molecule has 0 aliphatic rings. The van der Waals surface area contributed by atoms with Crippen LogP contribution in [0.3, 0.4) is 0 Å². The van der Waals surface area contributed by atoms with Crippen LogP contribution in [0.4, 0.5) is 11.4 Å². The van der Waals surface area contributed by atoms with Crippen LogP contribution in [0.2, 0.25) is 0 Å². The van der Waals surface area contributed by atoms with E-state index in [9.17, 15) is 14.9 Å². The molecule has 4 aromatic rings. The van der Waals surface area contributed by atoms with Crippen LogP contribution in [0.5, 0.6) is 0 Å². The molecule has 30 heavy (non-hydrogen) atoms. The number of aryl methyl sites for hydroxylation is 2. The van der Waals surface area contributed by atoms with Crippen LogP contribution in [-0.4, -0.2) is 25.8 Å². The normalized spacial score (nSPS) is 10.9. The third kappa shape index (κ3) is 4.15. The molecule has 4 rings (SSSR count). The van der Waals surface area contributed by atoms with Gasteiger partial charge in [0.15, 0.2) is 5.16 Å². The monoisotopic (exact) mass is 419 g/mol. The number of carbonyl (C=O) groups is 1. The smallest absolute Gasteiger partial charge is 0.270 e. The number of non-ortho nitro benzene ring substituents is 1. The second-order valence-electron chi connectivity index (χ2n) is 6.70. The van der Waals surface area contributed by atoms with E-state index in [4.69, 9.17) is 0 Å². The van der Waals surface area contributed by atoms with E-state index in [1.54, 1.807) is 24.4 Å². The molecule has 0 saturated carbocycles. The van der Waals surface area contributed by atoms with Gasteiger partial charge in [-0.05, 0) is 62.0 Å². The number of nitro groups is 1. The number of nitrogens with one attached hydrogen (secondary N) is 2. The highest BCUT2D eigenvalue weighted by Gasteiger charge is 2.16. The Labute approximate surface area is 175 Å². The van der Waals surface area contributed by atoms with E-state index < -0.39 is 4.92 Å². The lowest BCUT2D eigenvalue weighted by atomic mass is 10.1. The summed E-state index contributed by atoms with van der Waals surface area (Å²) in [5.41, 5.74) is 3.37. The number of hydrogen-bond acceptors (Lipinski definition) is 6. The number of aromatic nitrogens is 3. The van der Waals surface area contributed by atoms with Gasteiger partial charge in [-0.1, -0.05) is 0 Å². The van der Waals surface area contributed by atoms with Gasteiger partial charge < -0.3 is 10.3 Å². The number of H-pyrrole nitrogens is 1. The van der Waals surface area contributed by atoms with Gasteiger partial charge in [-0.2, -0.15) is 0 Å². The van der Waals surface area contributed by atoms with Crippen molar-refractivity contribution in [2.45, 2.75) is 23.9 Å². The standard InChI is InChI=1S/C21H17N5O3S/c1-12-9-13(2)24-21(23-12)30-16-6-3-14(4-7-16)25-20(27)18-11-22-19-8-5-15(26(28)29)10-17(18)19/h3-11,22H,1-2H3,(H,25,27). The summed E-state index contributed by atoms with van der Waals surface area (Å²) in [6, 6.07) is 13.6. The van der Waals surface area contributed by atoms with Crippen molar-refractivity contribution in [1.82, 2.24) is 15.0 Å². The first-order valence-electron chi connectivity index (χ1n) is 9.06. The predicted molar refractivity (Wildman–Crippen MR) is 115 cm³/mol. The molecular formula is C21H17N5O3S. The van der Waals surface area contributed by atoms with E-state index in [1.165, 1.54) is 23.9 Å². The fraction of sp³-hybridized carbons (Fsp3) is 0.0952. The van der Waals surface area contributed by atoms with Crippen LogP contribution in [0.15, 0.2) is 64.8 Å². The summed E-state index contributed by atoms with van der Waals surface area (Å²) in [7, 11) is 0. The van der Waals surface area contributed by atoms with Crippen LogP contribution < -0.4 is 5.32 Å². The van der Waals surface area contributed by atoms with E-state index in [0.717, 1.165) is 16.3 Å². The molecule has 2 aromatic heterocycles. The van der Waals surface area contributed by atoms with Gasteiger partial charge in [0, 0.05) is 51.2 Å². The molecule has 0 spiro atoms. The zero-order chi connectivity index (χ0) is 21.3. The first-order chi connectivity index (χ1) is 14.4. The van der Waals surface area contributed by atoms with Crippen molar-refractivity contribution >= 4 is 39.9 Å². The van der Waals surface area contributed by atoms with E-state index in [2.05, 4.69) is 20.3 Å². The zero-order valence-corrected chi connectivity index (χ0v) is 17.0. The van der Waals surface area contributed by atoms with Crippen LogP contribution >= 0.6 is 11.8 Å². The molecule has 1 amide bonds. The lowest BCUT2D eigenvalue weighted by Gasteiger charge is -2.06. The molecule has 0 atom stereocenters. The summed E-state index contributed by atoms with van der Waals surface area (Å²) in [6.07, 6.45) is 1.55. The van der Waals surface area contributed by atoms with E-state index in [1.807, 2.05) is 32.0 Å². The van der Waals surface area contributed by atoms with Crippen molar-refractivity contribution < 1.29 is 9.72 Å². The molecular weight excluding hydrogens is 402 g/mol. The minimum Gasteiger partial charge on any atom is -0.360 e. The maximum Gasteiger partial charge on any atom is 0.270 e. The maximum atomic E-state index is 12.7. The molecule has 0 aliphatic heterocycles. The number of carbonyl (C=O) groups excluding carboxylic acids is 1. The Morgan fingerprint density at radius 2 is 1.77 bits per heavy atom. The molecule has 9 heteroatoms. The van der Waals surface area contributed by atoms with Gasteiger partial charge in [0.05, 0.1) is 10.5 Å². The van der Waals surface area contributed by atoms with Crippen LogP contribution in [-0.2, 0) is 0 Å². The van der Waals surface area contributed by atoms with Crippen molar-refractivity contribution in [2.75, 3.05) is 5.32 Å². The second kappa shape index (κ2) is 7.96. The lowest BCUT2D eigenvalue weighted by molar-refractivity contribution is -0.384. The van der Waals surface area contributed by atoms with Gasteiger partial charge in [0.1, 0.15) is 0 Å². The topological polar surface area (TPSA) is 114 Å². The van der Waals surface area contributed by atoms with Crippen molar-refractivity contribution in [3.63, 3.8) is 0 Å². The second-order valence-corrected chi connectivity index (χ2v) is 7.74. The highest BCUT2D eigenvalue weighted by Crippen LogP contribution is 2.27. The average molecular weight is 419 g/mol. The fourth-order valence-electron chi connectivity index (χ4n) is 3.06. The summed E-state index contributed by atoms with van der Waals surface area (Å²) in [4.78, 5) is 36.0. The summed E-state index contributed by atoms with van der Waals surface area (Å²) in [6.45, 7) is 3.85. The largest absolute Gasteiger partial charge is 0.360 e. The third-order valence-electron chi connectivity index (χ3n) is 4.40. The number of hydrogen-bond donors (Lipinski definition) is 2. The Morgan fingerprint density at radius 3 is 2.43 bits per heavy atom. The minimum absolute atomic E-state index is 0.0638. The molecule has 0 saturated heterocycles. The lowest BCUT2D eigenvalue weighted by Crippen LogP contribution is -2.11. The summed E-state index contributed by atoms with van der Waals surface area (Å²) < 4.78 is 0. The SMILES string of the molecule is Cc1cc(C)nc(Sc2ccc(NC(=O)c3c[nH]c4ccc([N+](=O)[O-])cc34)cc2)n1. The van der Waals surface area contributed by atoms with Crippen molar-refractivity contribution in [3.8, 4) is 0 Å². The first-order valence-corrected chi connectivity index (χ1v) is 9.88. The molecule has 2 heterocycles. The van der Waals surface area contributed by atoms with Gasteiger partial charge in [0.25, 0.3) is 11.6 Å². The number of benzene rings is 2. The highest BCUT2D eigenvalue weighted by atomic mass is 32.2. The molecule has 8 nitrogen and oxygen atoms in total. The van der Waals surface area contributed by atoms with Gasteiger partial charge in [0.2, 0.25) is 0 Å². The minimum atomic E-state index is -0.482. The number of nitrogens with zero attached hydrogens (tertiary/aromatic N) is 3. The molecule has 150 valence electrons. The van der Waals surface area contributed by atoms with Crippen molar-refractivity contribution in [1.29, 1.82) is 0 Å². The molecule has 0 aliphatic carbocycles. The van der Waals surface area contributed by atoms with Crippen LogP contribution in [0, 0.1) is 24.0 Å². The Kier molecular flexibility index (Phi) is 5.20. The molecule has 0 bridgehead atoms. The Bertz CT molecular complexity index is 1250. The molecule has 2 aromatic carbocycles. The van der Waals surface area contributed by atoms with Crippen molar-refractivity contribution in [2.24, 2.45) is 0 Å². The summed E-state index contributed by atoms with van der Waals surface area (Å²) in [5, 5.41) is 15.0. The van der Waals surface area contributed by atoms with Gasteiger partial charge in [-0.15, -0.1) is 0 Å². The fourth-order valence-corrected chi connectivity index (χ4v) is 3.92. The van der Waals surface area contributed by atoms with E-state index in [0.29, 0.717) is 27.3 Å². The average Bonchev–Trinajstić information content (AvgIpc) is 3.12. The predicted octanol–water partition coefficient (Wildman–Crippen LogP) is 4.89. The maximum absolute atomic E-state index is 12.7. The number of anilines is 1.